The molecule has 0 radical (unpaired) electrons. The van der Waals surface area contributed by atoms with Crippen LogP contribution in [0.5, 0.6) is 0 Å². The van der Waals surface area contributed by atoms with Crippen LogP contribution in [0.25, 0.3) is 21.0 Å². The molecule has 0 atom stereocenters. The van der Waals surface area contributed by atoms with Gasteiger partial charge in [-0.1, -0.05) is 18.2 Å². The Hall–Kier alpha value is -2.99. The molecule has 5 rings (SSSR count). The molecule has 3 heterocycles. The van der Waals surface area contributed by atoms with Gasteiger partial charge in [-0.15, -0.1) is 11.3 Å². The first-order chi connectivity index (χ1) is 12.7. The Bertz CT molecular complexity index is 1210. The van der Waals surface area contributed by atoms with Gasteiger partial charge in [0.15, 0.2) is 0 Å². The number of rotatable bonds is 2. The summed E-state index contributed by atoms with van der Waals surface area (Å²) in [6.45, 7) is 0.718. The van der Waals surface area contributed by atoms with Crippen LogP contribution in [0.1, 0.15) is 21.9 Å². The first kappa shape index (κ1) is 15.3. The van der Waals surface area contributed by atoms with Crippen LogP contribution in [0.2, 0.25) is 0 Å². The number of aryl methyl sites for hydroxylation is 1. The summed E-state index contributed by atoms with van der Waals surface area (Å²) < 4.78 is 2.81. The van der Waals surface area contributed by atoms with E-state index in [2.05, 4.69) is 10.3 Å². The second kappa shape index (κ2) is 5.78. The van der Waals surface area contributed by atoms with Crippen molar-refractivity contribution in [2.24, 2.45) is 0 Å². The molecule has 0 saturated carbocycles. The number of carbonyl (C=O) groups is 1. The third kappa shape index (κ3) is 2.42. The second-order valence-electron chi connectivity index (χ2n) is 6.42. The summed E-state index contributed by atoms with van der Waals surface area (Å²) in [7, 11) is 0. The number of thiophene rings is 1. The van der Waals surface area contributed by atoms with Crippen molar-refractivity contribution in [1.82, 2.24) is 9.55 Å². The van der Waals surface area contributed by atoms with Gasteiger partial charge in [-0.2, -0.15) is 0 Å². The molecule has 0 unspecified atom stereocenters. The minimum Gasteiger partial charge on any atom is -0.321 e. The molecule has 0 bridgehead atoms. The largest absolute Gasteiger partial charge is 0.321 e. The van der Waals surface area contributed by atoms with E-state index in [4.69, 9.17) is 0 Å². The van der Waals surface area contributed by atoms with Crippen molar-refractivity contribution in [3.63, 3.8) is 0 Å². The summed E-state index contributed by atoms with van der Waals surface area (Å²) in [4.78, 5) is 30.5. The third-order valence-electron chi connectivity index (χ3n) is 4.72. The Morgan fingerprint density at radius 1 is 1.15 bits per heavy atom. The molecule has 0 saturated heterocycles. The highest BCUT2D eigenvalue weighted by atomic mass is 32.1. The van der Waals surface area contributed by atoms with E-state index in [0.717, 1.165) is 35.3 Å². The van der Waals surface area contributed by atoms with Crippen LogP contribution in [0.15, 0.2) is 53.3 Å². The smallest absolute Gasteiger partial charge is 0.265 e. The van der Waals surface area contributed by atoms with E-state index >= 15 is 0 Å². The monoisotopic (exact) mass is 361 g/mol. The number of amides is 1. The van der Waals surface area contributed by atoms with Crippen LogP contribution in [0.3, 0.4) is 0 Å². The average Bonchev–Trinajstić information content (AvgIpc) is 3.29. The standard InChI is InChI=1S/C20H15N3O2S/c24-19(17-10-12-4-1-2-5-16(12)26-17)21-13-7-8-15-14(11-13)20(25)23-9-3-6-18(23)22-15/h1-2,4-5,7-8,10-11H,3,6,9H2,(H,21,24). The molecule has 6 heteroatoms. The summed E-state index contributed by atoms with van der Waals surface area (Å²) in [5.74, 6) is 0.685. The zero-order valence-electron chi connectivity index (χ0n) is 13.9. The number of fused-ring (bicyclic) bond motifs is 3. The van der Waals surface area contributed by atoms with Gasteiger partial charge in [-0.05, 0) is 42.1 Å². The minimum atomic E-state index is -0.167. The summed E-state index contributed by atoms with van der Waals surface area (Å²) in [6, 6.07) is 15.1. The van der Waals surface area contributed by atoms with E-state index in [1.54, 1.807) is 22.8 Å². The second-order valence-corrected chi connectivity index (χ2v) is 7.51. The molecule has 1 amide bonds. The maximum Gasteiger partial charge on any atom is 0.265 e. The number of aromatic nitrogens is 2. The summed E-state index contributed by atoms with van der Waals surface area (Å²) in [6.07, 6.45) is 1.80. The first-order valence-electron chi connectivity index (χ1n) is 8.52. The van der Waals surface area contributed by atoms with Crippen LogP contribution in [0, 0.1) is 0 Å². The summed E-state index contributed by atoms with van der Waals surface area (Å²) >= 11 is 1.46. The molecular formula is C20H15N3O2S. The Morgan fingerprint density at radius 2 is 2.04 bits per heavy atom. The van der Waals surface area contributed by atoms with E-state index in [-0.39, 0.29) is 11.5 Å². The van der Waals surface area contributed by atoms with Crippen LogP contribution in [-0.4, -0.2) is 15.5 Å². The van der Waals surface area contributed by atoms with Gasteiger partial charge in [0.05, 0.1) is 15.8 Å². The minimum absolute atomic E-state index is 0.0274. The predicted molar refractivity (Wildman–Crippen MR) is 104 cm³/mol. The number of nitrogens with one attached hydrogen (secondary N) is 1. The molecule has 4 aromatic rings. The van der Waals surface area contributed by atoms with E-state index in [1.165, 1.54) is 11.3 Å². The number of carbonyl (C=O) groups excluding carboxylic acids is 1. The van der Waals surface area contributed by atoms with Gasteiger partial charge in [0.1, 0.15) is 5.82 Å². The first-order valence-corrected chi connectivity index (χ1v) is 9.34. The van der Waals surface area contributed by atoms with Crippen LogP contribution < -0.4 is 10.9 Å². The van der Waals surface area contributed by atoms with E-state index in [0.29, 0.717) is 21.5 Å². The Balaban J connectivity index is 1.51. The maximum atomic E-state index is 12.7. The van der Waals surface area contributed by atoms with Crippen molar-refractivity contribution in [3.8, 4) is 0 Å². The number of hydrogen-bond donors (Lipinski definition) is 1. The molecule has 1 aliphatic rings. The van der Waals surface area contributed by atoms with Gasteiger partial charge in [0.2, 0.25) is 0 Å². The number of benzene rings is 2. The highest BCUT2D eigenvalue weighted by molar-refractivity contribution is 7.20. The van der Waals surface area contributed by atoms with Crippen LogP contribution in [-0.2, 0) is 13.0 Å². The fourth-order valence-corrected chi connectivity index (χ4v) is 4.41. The van der Waals surface area contributed by atoms with Gasteiger partial charge < -0.3 is 5.32 Å². The Morgan fingerprint density at radius 3 is 2.92 bits per heavy atom. The normalized spacial score (nSPS) is 13.2. The molecule has 1 N–H and O–H groups in total. The zero-order valence-corrected chi connectivity index (χ0v) is 14.7. The predicted octanol–water partition coefficient (Wildman–Crippen LogP) is 3.81. The molecule has 0 aliphatic carbocycles. The Labute approximate surface area is 152 Å². The van der Waals surface area contributed by atoms with Gasteiger partial charge in [-0.25, -0.2) is 4.98 Å². The highest BCUT2D eigenvalue weighted by Crippen LogP contribution is 2.26. The topological polar surface area (TPSA) is 64.0 Å². The lowest BCUT2D eigenvalue weighted by atomic mass is 10.2. The molecule has 128 valence electrons. The molecule has 5 nitrogen and oxygen atoms in total. The number of hydrogen-bond acceptors (Lipinski definition) is 4. The molecule has 26 heavy (non-hydrogen) atoms. The van der Waals surface area contributed by atoms with Crippen molar-refractivity contribution in [1.29, 1.82) is 0 Å². The fourth-order valence-electron chi connectivity index (χ4n) is 3.45. The van der Waals surface area contributed by atoms with Crippen molar-refractivity contribution in [2.75, 3.05) is 5.32 Å². The van der Waals surface area contributed by atoms with E-state index < -0.39 is 0 Å². The quantitative estimate of drug-likeness (QED) is 0.590. The molecule has 2 aromatic carbocycles. The van der Waals surface area contributed by atoms with Crippen molar-refractivity contribution < 1.29 is 4.79 Å². The SMILES string of the molecule is O=C(Nc1ccc2nc3n(c(=O)c2c1)CCC3)c1cc2ccccc2s1. The van der Waals surface area contributed by atoms with Gasteiger partial charge in [0, 0.05) is 23.4 Å². The lowest BCUT2D eigenvalue weighted by molar-refractivity contribution is 0.103. The van der Waals surface area contributed by atoms with E-state index in [9.17, 15) is 9.59 Å². The Kier molecular flexibility index (Phi) is 3.39. The molecule has 1 aliphatic heterocycles. The lowest BCUT2D eigenvalue weighted by Crippen LogP contribution is -2.21. The van der Waals surface area contributed by atoms with Gasteiger partial charge in [0.25, 0.3) is 11.5 Å². The van der Waals surface area contributed by atoms with Crippen LogP contribution >= 0.6 is 11.3 Å². The van der Waals surface area contributed by atoms with Crippen molar-refractivity contribution >= 4 is 43.9 Å². The molecule has 0 fully saturated rings. The average molecular weight is 361 g/mol. The van der Waals surface area contributed by atoms with Crippen LogP contribution in [0.4, 0.5) is 5.69 Å². The van der Waals surface area contributed by atoms with Crippen molar-refractivity contribution in [2.45, 2.75) is 19.4 Å². The maximum absolute atomic E-state index is 12.7. The zero-order chi connectivity index (χ0) is 17.7. The highest BCUT2D eigenvalue weighted by Gasteiger charge is 2.17. The van der Waals surface area contributed by atoms with E-state index in [1.807, 2.05) is 30.3 Å². The lowest BCUT2D eigenvalue weighted by Gasteiger charge is -2.07. The third-order valence-corrected chi connectivity index (χ3v) is 5.84. The van der Waals surface area contributed by atoms with Gasteiger partial charge >= 0.3 is 0 Å². The molecular weight excluding hydrogens is 346 g/mol. The number of nitrogens with zero attached hydrogens (tertiary/aromatic N) is 2. The molecule has 2 aromatic heterocycles. The molecule has 0 spiro atoms. The summed E-state index contributed by atoms with van der Waals surface area (Å²) in [5, 5.41) is 4.50. The fraction of sp³-hybridized carbons (Fsp3) is 0.150. The van der Waals surface area contributed by atoms with Gasteiger partial charge in [-0.3, -0.25) is 14.2 Å². The summed E-state index contributed by atoms with van der Waals surface area (Å²) in [5.41, 5.74) is 1.26. The van der Waals surface area contributed by atoms with Crippen molar-refractivity contribution in [3.05, 3.63) is 69.6 Å². The number of anilines is 1.